The number of aromatic hydroxyl groups is 1. The zero-order valence-corrected chi connectivity index (χ0v) is 21.5. The third-order valence-electron chi connectivity index (χ3n) is 7.66. The minimum absolute atomic E-state index is 0.0624. The van der Waals surface area contributed by atoms with Crippen molar-refractivity contribution >= 4 is 11.6 Å². The summed E-state index contributed by atoms with van der Waals surface area (Å²) in [7, 11) is 2.87. The van der Waals surface area contributed by atoms with Gasteiger partial charge in [-0.2, -0.15) is 0 Å². The number of allylic oxidation sites excluding steroid dienone is 6. The molecule has 1 aromatic heterocycles. The summed E-state index contributed by atoms with van der Waals surface area (Å²) >= 11 is 0. The normalized spacial score (nSPS) is 20.1. The second kappa shape index (κ2) is 8.87. The van der Waals surface area contributed by atoms with Crippen LogP contribution in [0.2, 0.25) is 0 Å². The Hall–Kier alpha value is -4.86. The summed E-state index contributed by atoms with van der Waals surface area (Å²) in [4.78, 5) is 54.1. The van der Waals surface area contributed by atoms with Crippen LogP contribution in [0.25, 0.3) is 5.69 Å². The number of aromatic nitrogens is 3. The number of fused-ring (bicyclic) bond motifs is 3. The molecule has 198 valence electrons. The predicted molar refractivity (Wildman–Crippen MR) is 141 cm³/mol. The molecule has 1 N–H and O–H groups in total. The number of hydrogen-bond acceptors (Lipinski definition) is 7. The molecule has 10 nitrogen and oxygen atoms in total. The maximum Gasteiger partial charge on any atom is 0.352 e. The monoisotopic (exact) mass is 527 g/mol. The molecule has 3 aliphatic rings. The first-order valence-electron chi connectivity index (χ1n) is 12.4. The summed E-state index contributed by atoms with van der Waals surface area (Å²) in [5, 5.41) is 10.3. The third-order valence-corrected chi connectivity index (χ3v) is 7.66. The van der Waals surface area contributed by atoms with Gasteiger partial charge in [0.2, 0.25) is 0 Å². The van der Waals surface area contributed by atoms with Crippen molar-refractivity contribution in [2.75, 3.05) is 14.2 Å². The van der Waals surface area contributed by atoms with Gasteiger partial charge in [-0.25, -0.2) is 23.5 Å². The van der Waals surface area contributed by atoms with Crippen LogP contribution in [-0.4, -0.2) is 44.8 Å². The topological polar surface area (TPSA) is 122 Å². The Balaban J connectivity index is 1.64. The minimum atomic E-state index is -0.819. The lowest BCUT2D eigenvalue weighted by atomic mass is 9.67. The Morgan fingerprint density at radius 1 is 0.949 bits per heavy atom. The molecule has 0 saturated carbocycles. The van der Waals surface area contributed by atoms with Gasteiger partial charge in [0.25, 0.3) is 0 Å². The molecule has 2 atom stereocenters. The Labute approximate surface area is 222 Å². The van der Waals surface area contributed by atoms with Gasteiger partial charge >= 0.3 is 11.4 Å². The summed E-state index contributed by atoms with van der Waals surface area (Å²) in [6, 6.07) is 10.7. The van der Waals surface area contributed by atoms with Crippen molar-refractivity contribution in [2.24, 2.45) is 0 Å². The summed E-state index contributed by atoms with van der Waals surface area (Å²) in [5.74, 6) is -1.01. The van der Waals surface area contributed by atoms with Crippen LogP contribution in [0.3, 0.4) is 0 Å². The number of para-hydroxylation sites is 1. The van der Waals surface area contributed by atoms with Crippen molar-refractivity contribution in [2.45, 2.75) is 31.8 Å². The van der Waals surface area contributed by atoms with Gasteiger partial charge in [0.05, 0.1) is 32.5 Å². The highest BCUT2D eigenvalue weighted by molar-refractivity contribution is 6.23. The highest BCUT2D eigenvalue weighted by Crippen LogP contribution is 2.54. The van der Waals surface area contributed by atoms with Crippen LogP contribution in [-0.2, 0) is 16.1 Å². The molecule has 39 heavy (non-hydrogen) atoms. The molecule has 6 rings (SSSR count). The van der Waals surface area contributed by atoms with Crippen molar-refractivity contribution in [3.8, 4) is 22.9 Å². The van der Waals surface area contributed by atoms with Gasteiger partial charge in [-0.15, -0.1) is 0 Å². The van der Waals surface area contributed by atoms with Gasteiger partial charge in [0, 0.05) is 46.8 Å². The van der Waals surface area contributed by atoms with Crippen molar-refractivity contribution in [1.29, 1.82) is 0 Å². The van der Waals surface area contributed by atoms with E-state index in [0.717, 1.165) is 4.57 Å². The number of rotatable bonds is 4. The van der Waals surface area contributed by atoms with E-state index in [1.54, 1.807) is 37.3 Å². The SMILES string of the molecule is COc1cc(O)cc(OC)c1[C@H]1C2=CCn3c(=O)n(-c4ccccc4)c(=O)n3[C@@H]2CC2=C1C(=O)C(C)=CC2=O. The molecule has 10 heteroatoms. The van der Waals surface area contributed by atoms with Crippen LogP contribution in [0, 0.1) is 0 Å². The van der Waals surface area contributed by atoms with E-state index in [-0.39, 0.29) is 52.9 Å². The Morgan fingerprint density at radius 3 is 2.26 bits per heavy atom. The second-order valence-electron chi connectivity index (χ2n) is 9.70. The smallest absolute Gasteiger partial charge is 0.352 e. The van der Waals surface area contributed by atoms with Crippen molar-refractivity contribution in [3.05, 3.63) is 103 Å². The maximum absolute atomic E-state index is 13.8. The Bertz CT molecular complexity index is 1760. The standard InChI is InChI=1S/C29H25N3O7/c1-15-11-21(34)19-14-20-18(9-10-30-28(36)31(29(37)32(20)30)16-7-5-4-6-8-16)24(25(19)27(15)35)26-22(38-2)12-17(33)13-23(26)39-3/h4-9,11-13,20,24,33H,10,14H2,1-3H3/t20-,24+/m1/s1. The lowest BCUT2D eigenvalue weighted by Crippen LogP contribution is -2.41. The fraction of sp³-hybridized carbons (Fsp3) is 0.241. The van der Waals surface area contributed by atoms with E-state index >= 15 is 0 Å². The predicted octanol–water partition coefficient (Wildman–Crippen LogP) is 2.59. The number of methoxy groups -OCH3 is 2. The maximum atomic E-state index is 13.8. The van der Waals surface area contributed by atoms with E-state index < -0.39 is 23.3 Å². The quantitative estimate of drug-likeness (QED) is 0.409. The van der Waals surface area contributed by atoms with Gasteiger partial charge in [-0.3, -0.25) is 9.59 Å². The molecular weight excluding hydrogens is 502 g/mol. The first kappa shape index (κ1) is 24.5. The molecule has 0 unspecified atom stereocenters. The molecule has 2 aromatic carbocycles. The highest BCUT2D eigenvalue weighted by Gasteiger charge is 2.46. The number of carbonyl (C=O) groups is 2. The summed E-state index contributed by atoms with van der Waals surface area (Å²) < 4.78 is 15.1. The molecule has 0 spiro atoms. The number of Topliss-reactive ketones (excluding diaryl/α,β-unsaturated/α-hetero) is 1. The van der Waals surface area contributed by atoms with Crippen LogP contribution in [0.5, 0.6) is 17.2 Å². The minimum Gasteiger partial charge on any atom is -0.508 e. The number of benzene rings is 2. The van der Waals surface area contributed by atoms with Crippen molar-refractivity contribution in [1.82, 2.24) is 13.9 Å². The zero-order chi connectivity index (χ0) is 27.6. The number of ether oxygens (including phenoxy) is 2. The van der Waals surface area contributed by atoms with Gasteiger partial charge in [-0.05, 0) is 30.7 Å². The summed E-state index contributed by atoms with van der Waals surface area (Å²) in [5.41, 5.74) is 1.36. The molecule has 2 aliphatic carbocycles. The molecular formula is C29H25N3O7. The fourth-order valence-corrected chi connectivity index (χ4v) is 5.97. The van der Waals surface area contributed by atoms with E-state index in [1.165, 1.54) is 41.8 Å². The molecule has 0 fully saturated rings. The van der Waals surface area contributed by atoms with Gasteiger partial charge in [0.1, 0.15) is 17.2 Å². The summed E-state index contributed by atoms with van der Waals surface area (Å²) in [6.07, 6.45) is 3.20. The number of phenols is 1. The number of nitrogens with zero attached hydrogens (tertiary/aromatic N) is 3. The number of carbonyl (C=O) groups excluding carboxylic acids is 2. The van der Waals surface area contributed by atoms with Crippen molar-refractivity contribution < 1.29 is 24.2 Å². The van der Waals surface area contributed by atoms with Crippen LogP contribution in [0.1, 0.15) is 30.9 Å². The fourth-order valence-electron chi connectivity index (χ4n) is 5.97. The summed E-state index contributed by atoms with van der Waals surface area (Å²) in [6.45, 7) is 1.67. The second-order valence-corrected chi connectivity index (χ2v) is 9.70. The molecule has 0 bridgehead atoms. The first-order chi connectivity index (χ1) is 18.8. The van der Waals surface area contributed by atoms with Gasteiger partial charge < -0.3 is 14.6 Å². The Morgan fingerprint density at radius 2 is 1.62 bits per heavy atom. The van der Waals surface area contributed by atoms with E-state index in [0.29, 0.717) is 22.4 Å². The van der Waals surface area contributed by atoms with E-state index in [2.05, 4.69) is 0 Å². The zero-order valence-electron chi connectivity index (χ0n) is 21.5. The van der Waals surface area contributed by atoms with E-state index in [1.807, 2.05) is 6.08 Å². The molecule has 0 saturated heterocycles. The number of phenolic OH excluding ortho intramolecular Hbond substituents is 1. The van der Waals surface area contributed by atoms with Crippen molar-refractivity contribution in [3.63, 3.8) is 0 Å². The molecule has 3 aromatic rings. The molecule has 1 aliphatic heterocycles. The Kier molecular flexibility index (Phi) is 5.56. The average Bonchev–Trinajstić information content (AvgIpc) is 3.20. The molecule has 2 heterocycles. The highest BCUT2D eigenvalue weighted by atomic mass is 16.5. The lowest BCUT2D eigenvalue weighted by molar-refractivity contribution is -0.116. The first-order valence-corrected chi connectivity index (χ1v) is 12.4. The molecule has 0 radical (unpaired) electrons. The third kappa shape index (κ3) is 3.48. The largest absolute Gasteiger partial charge is 0.508 e. The van der Waals surface area contributed by atoms with Gasteiger partial charge in [0.15, 0.2) is 11.6 Å². The van der Waals surface area contributed by atoms with E-state index in [9.17, 15) is 24.3 Å². The van der Waals surface area contributed by atoms with Gasteiger partial charge in [-0.1, -0.05) is 24.3 Å². The van der Waals surface area contributed by atoms with E-state index in [4.69, 9.17) is 9.47 Å². The number of ketones is 2. The number of hydrogen-bond donors (Lipinski definition) is 1. The van der Waals surface area contributed by atoms with Crippen LogP contribution < -0.4 is 20.9 Å². The average molecular weight is 528 g/mol. The van der Waals surface area contributed by atoms with Crippen LogP contribution >= 0.6 is 0 Å². The van der Waals surface area contributed by atoms with Crippen LogP contribution in [0.15, 0.2) is 86.5 Å². The molecule has 0 amide bonds. The van der Waals surface area contributed by atoms with Crippen LogP contribution in [0.4, 0.5) is 0 Å². The lowest BCUT2D eigenvalue weighted by Gasteiger charge is -2.40.